The van der Waals surface area contributed by atoms with Crippen LogP contribution in [0.2, 0.25) is 0 Å². The Kier molecular flexibility index (Phi) is 5.94. The maximum Gasteiger partial charge on any atom is 0.318 e. The number of nitrogens with zero attached hydrogens (tertiary/aromatic N) is 1. The summed E-state index contributed by atoms with van der Waals surface area (Å²) >= 11 is 0. The lowest BCUT2D eigenvalue weighted by Gasteiger charge is -2.20. The number of aliphatic hydroxyl groups is 1. The van der Waals surface area contributed by atoms with Gasteiger partial charge in [0.15, 0.2) is 0 Å². The van der Waals surface area contributed by atoms with Crippen LogP contribution in [0.5, 0.6) is 0 Å². The van der Waals surface area contributed by atoms with E-state index < -0.39 is 0 Å². The summed E-state index contributed by atoms with van der Waals surface area (Å²) in [6, 6.07) is 7.79. The molecule has 0 saturated heterocycles. The Bertz CT molecular complexity index is 405. The molecule has 0 atom stereocenters. The molecule has 0 aromatic heterocycles. The number of amides is 2. The van der Waals surface area contributed by atoms with E-state index in [0.29, 0.717) is 19.6 Å². The summed E-state index contributed by atoms with van der Waals surface area (Å²) < 4.78 is 0. The van der Waals surface area contributed by atoms with E-state index in [4.69, 9.17) is 5.11 Å². The molecule has 0 aliphatic rings. The number of aryl methyl sites for hydroxylation is 1. The minimum absolute atomic E-state index is 0.0499. The van der Waals surface area contributed by atoms with Crippen molar-refractivity contribution in [2.24, 2.45) is 0 Å². The number of nitrogens with one attached hydrogen (secondary N) is 1. The van der Waals surface area contributed by atoms with Crippen molar-refractivity contribution in [3.63, 3.8) is 0 Å². The van der Waals surface area contributed by atoms with Gasteiger partial charge in [0.25, 0.3) is 0 Å². The van der Waals surface area contributed by atoms with Crippen molar-refractivity contribution in [2.45, 2.75) is 13.5 Å². The first-order valence-electron chi connectivity index (χ1n) is 5.97. The summed E-state index contributed by atoms with van der Waals surface area (Å²) in [6.45, 7) is 6.78. The first-order chi connectivity index (χ1) is 8.67. The van der Waals surface area contributed by atoms with Crippen LogP contribution in [0.3, 0.4) is 0 Å². The molecule has 0 unspecified atom stereocenters. The molecule has 0 fully saturated rings. The summed E-state index contributed by atoms with van der Waals surface area (Å²) in [5.74, 6) is 0. The summed E-state index contributed by atoms with van der Waals surface area (Å²) in [5.41, 5.74) is 2.23. The molecule has 0 bridgehead atoms. The standard InChI is InChI=1S/C14H20N2O2/c1-3-7-16(8-9-17)14(18)15-11-13-6-4-5-12(2)10-13/h3-6,10,17H,1,7-9,11H2,2H3,(H,15,18). The number of benzene rings is 1. The zero-order valence-electron chi connectivity index (χ0n) is 10.7. The van der Waals surface area contributed by atoms with Crippen LogP contribution in [-0.2, 0) is 6.54 Å². The Morgan fingerprint density at radius 2 is 2.33 bits per heavy atom. The van der Waals surface area contributed by atoms with Gasteiger partial charge in [0.1, 0.15) is 0 Å². The third-order valence-corrected chi connectivity index (χ3v) is 2.53. The van der Waals surface area contributed by atoms with Gasteiger partial charge in [-0.15, -0.1) is 6.58 Å². The van der Waals surface area contributed by atoms with Gasteiger partial charge >= 0.3 is 6.03 Å². The van der Waals surface area contributed by atoms with E-state index in [2.05, 4.69) is 11.9 Å². The summed E-state index contributed by atoms with van der Waals surface area (Å²) in [7, 11) is 0. The minimum Gasteiger partial charge on any atom is -0.395 e. The zero-order valence-corrected chi connectivity index (χ0v) is 10.7. The molecular weight excluding hydrogens is 228 g/mol. The van der Waals surface area contributed by atoms with Gasteiger partial charge in [-0.05, 0) is 12.5 Å². The molecule has 0 aliphatic heterocycles. The highest BCUT2D eigenvalue weighted by Crippen LogP contribution is 2.03. The van der Waals surface area contributed by atoms with Gasteiger partial charge in [-0.3, -0.25) is 0 Å². The maximum atomic E-state index is 11.8. The van der Waals surface area contributed by atoms with Crippen LogP contribution in [0.4, 0.5) is 4.79 Å². The minimum atomic E-state index is -0.189. The van der Waals surface area contributed by atoms with Crippen LogP contribution < -0.4 is 5.32 Å². The lowest BCUT2D eigenvalue weighted by atomic mass is 10.1. The topological polar surface area (TPSA) is 52.6 Å². The highest BCUT2D eigenvalue weighted by atomic mass is 16.3. The monoisotopic (exact) mass is 248 g/mol. The Morgan fingerprint density at radius 1 is 1.56 bits per heavy atom. The van der Waals surface area contributed by atoms with Gasteiger partial charge in [-0.1, -0.05) is 35.9 Å². The van der Waals surface area contributed by atoms with E-state index in [1.165, 1.54) is 10.5 Å². The van der Waals surface area contributed by atoms with Crippen molar-refractivity contribution in [3.05, 3.63) is 48.0 Å². The number of hydrogen-bond acceptors (Lipinski definition) is 2. The van der Waals surface area contributed by atoms with Crippen LogP contribution in [-0.4, -0.2) is 35.7 Å². The number of hydrogen-bond donors (Lipinski definition) is 2. The Labute approximate surface area is 108 Å². The summed E-state index contributed by atoms with van der Waals surface area (Å²) in [6.07, 6.45) is 1.64. The zero-order chi connectivity index (χ0) is 13.4. The van der Waals surface area contributed by atoms with Crippen LogP contribution in [0, 0.1) is 6.92 Å². The smallest absolute Gasteiger partial charge is 0.318 e. The summed E-state index contributed by atoms with van der Waals surface area (Å²) in [5, 5.41) is 11.7. The first kappa shape index (κ1) is 14.3. The van der Waals surface area contributed by atoms with Gasteiger partial charge in [0.2, 0.25) is 0 Å². The molecule has 4 heteroatoms. The van der Waals surface area contributed by atoms with Crippen LogP contribution in [0.25, 0.3) is 0 Å². The molecule has 1 aromatic carbocycles. The predicted molar refractivity (Wildman–Crippen MR) is 72.3 cm³/mol. The van der Waals surface area contributed by atoms with E-state index >= 15 is 0 Å². The van der Waals surface area contributed by atoms with Crippen LogP contribution in [0.15, 0.2) is 36.9 Å². The highest BCUT2D eigenvalue weighted by molar-refractivity contribution is 5.74. The molecule has 0 aliphatic carbocycles. The highest BCUT2D eigenvalue weighted by Gasteiger charge is 2.10. The van der Waals surface area contributed by atoms with Crippen molar-refractivity contribution >= 4 is 6.03 Å². The largest absolute Gasteiger partial charge is 0.395 e. The molecule has 0 radical (unpaired) electrons. The van der Waals surface area contributed by atoms with Gasteiger partial charge in [-0.25, -0.2) is 4.79 Å². The SMILES string of the molecule is C=CCN(CCO)C(=O)NCc1cccc(C)c1. The number of aliphatic hydroxyl groups excluding tert-OH is 1. The average Bonchev–Trinajstić information content (AvgIpc) is 2.36. The van der Waals surface area contributed by atoms with E-state index in [-0.39, 0.29) is 12.6 Å². The molecule has 0 heterocycles. The molecule has 18 heavy (non-hydrogen) atoms. The van der Waals surface area contributed by atoms with Gasteiger partial charge in [-0.2, -0.15) is 0 Å². The van der Waals surface area contributed by atoms with Crippen molar-refractivity contribution in [3.8, 4) is 0 Å². The lowest BCUT2D eigenvalue weighted by Crippen LogP contribution is -2.41. The molecule has 2 amide bonds. The molecule has 2 N–H and O–H groups in total. The number of carbonyl (C=O) groups is 1. The lowest BCUT2D eigenvalue weighted by molar-refractivity contribution is 0.183. The molecule has 0 spiro atoms. The molecule has 4 nitrogen and oxygen atoms in total. The first-order valence-corrected chi connectivity index (χ1v) is 5.97. The molecule has 1 rings (SSSR count). The number of rotatable bonds is 6. The fourth-order valence-corrected chi connectivity index (χ4v) is 1.66. The van der Waals surface area contributed by atoms with Crippen molar-refractivity contribution in [1.29, 1.82) is 0 Å². The van der Waals surface area contributed by atoms with Crippen molar-refractivity contribution in [1.82, 2.24) is 10.2 Å². The van der Waals surface area contributed by atoms with E-state index in [0.717, 1.165) is 5.56 Å². The number of urea groups is 1. The molecular formula is C14H20N2O2. The predicted octanol–water partition coefficient (Wildman–Crippen LogP) is 1.68. The maximum absolute atomic E-state index is 11.8. The quantitative estimate of drug-likeness (QED) is 0.753. The second-order valence-electron chi connectivity index (χ2n) is 4.11. The molecule has 98 valence electrons. The second-order valence-corrected chi connectivity index (χ2v) is 4.11. The summed E-state index contributed by atoms with van der Waals surface area (Å²) in [4.78, 5) is 13.4. The van der Waals surface area contributed by atoms with Gasteiger partial charge < -0.3 is 15.3 Å². The molecule has 1 aromatic rings. The van der Waals surface area contributed by atoms with Crippen LogP contribution in [0.1, 0.15) is 11.1 Å². The average molecular weight is 248 g/mol. The van der Waals surface area contributed by atoms with E-state index in [9.17, 15) is 4.79 Å². The Hall–Kier alpha value is -1.81. The van der Waals surface area contributed by atoms with Gasteiger partial charge in [0, 0.05) is 19.6 Å². The van der Waals surface area contributed by atoms with Crippen LogP contribution >= 0.6 is 0 Å². The molecule has 0 saturated carbocycles. The third-order valence-electron chi connectivity index (χ3n) is 2.53. The van der Waals surface area contributed by atoms with E-state index in [1.54, 1.807) is 6.08 Å². The van der Waals surface area contributed by atoms with Crippen molar-refractivity contribution in [2.75, 3.05) is 19.7 Å². The normalized spacial score (nSPS) is 9.89. The fourth-order valence-electron chi connectivity index (χ4n) is 1.66. The Morgan fingerprint density at radius 3 is 2.94 bits per heavy atom. The Balaban J connectivity index is 2.50. The van der Waals surface area contributed by atoms with E-state index in [1.807, 2.05) is 31.2 Å². The second kappa shape index (κ2) is 7.50. The van der Waals surface area contributed by atoms with Gasteiger partial charge in [0.05, 0.1) is 6.61 Å². The fraction of sp³-hybridized carbons (Fsp3) is 0.357. The third kappa shape index (κ3) is 4.59. The van der Waals surface area contributed by atoms with Crippen molar-refractivity contribution < 1.29 is 9.90 Å². The number of carbonyl (C=O) groups excluding carboxylic acids is 1.